The Morgan fingerprint density at radius 3 is 2.72 bits per heavy atom. The highest BCUT2D eigenvalue weighted by atomic mass is 16.3. The molecule has 1 heterocycles. The molecule has 2 N–H and O–H groups in total. The van der Waals surface area contributed by atoms with Gasteiger partial charge in [-0.25, -0.2) is 0 Å². The fraction of sp³-hybridized carbons (Fsp3) is 0.846. The van der Waals surface area contributed by atoms with Crippen LogP contribution in [0.15, 0.2) is 0 Å². The summed E-state index contributed by atoms with van der Waals surface area (Å²) in [7, 11) is 0. The van der Waals surface area contributed by atoms with Crippen LogP contribution < -0.4 is 5.32 Å². The molecular weight excluding hydrogens is 232 g/mol. The van der Waals surface area contributed by atoms with Gasteiger partial charge in [-0.1, -0.05) is 0 Å². The number of hydrogen-bond acceptors (Lipinski definition) is 3. The summed E-state index contributed by atoms with van der Waals surface area (Å²) in [5.41, 5.74) is 0. The maximum absolute atomic E-state index is 12.0. The molecule has 1 saturated heterocycles. The molecule has 0 bridgehead atoms. The maximum Gasteiger partial charge on any atom is 0.251 e. The summed E-state index contributed by atoms with van der Waals surface area (Å²) in [6.45, 7) is 3.34. The predicted octanol–water partition coefficient (Wildman–Crippen LogP) is 0.132. The predicted molar refractivity (Wildman–Crippen MR) is 66.7 cm³/mol. The van der Waals surface area contributed by atoms with Crippen molar-refractivity contribution >= 4 is 11.8 Å². The first kappa shape index (κ1) is 13.3. The van der Waals surface area contributed by atoms with E-state index in [-0.39, 0.29) is 17.7 Å². The van der Waals surface area contributed by atoms with Crippen molar-refractivity contribution in [2.75, 3.05) is 19.6 Å². The van der Waals surface area contributed by atoms with E-state index in [1.54, 1.807) is 4.90 Å². The Hall–Kier alpha value is -1.10. The zero-order chi connectivity index (χ0) is 13.1. The molecular formula is C13H22N2O3. The number of amides is 2. The molecule has 2 aliphatic rings. The Labute approximate surface area is 108 Å². The normalized spacial score (nSPS) is 25.7. The molecule has 2 atom stereocenters. The van der Waals surface area contributed by atoms with Crippen LogP contribution in [0, 0.1) is 11.8 Å². The van der Waals surface area contributed by atoms with Crippen molar-refractivity contribution in [3.8, 4) is 0 Å². The minimum absolute atomic E-state index is 0.0602. The summed E-state index contributed by atoms with van der Waals surface area (Å²) < 4.78 is 0. The third kappa shape index (κ3) is 3.45. The standard InChI is InChI=1S/C13H22N2O3/c1-9(16)13(18)15-6-2-3-11(8-15)12(17)14-7-10-4-5-10/h9-11,16H,2-8H2,1H3,(H,14,17)/t9-,11?/m0/s1. The number of rotatable bonds is 4. The highest BCUT2D eigenvalue weighted by molar-refractivity contribution is 5.83. The molecule has 1 unspecified atom stereocenters. The summed E-state index contributed by atoms with van der Waals surface area (Å²) in [6.07, 6.45) is 3.13. The van der Waals surface area contributed by atoms with Gasteiger partial charge in [-0.2, -0.15) is 0 Å². The number of carbonyl (C=O) groups excluding carboxylic acids is 2. The lowest BCUT2D eigenvalue weighted by atomic mass is 9.96. The van der Waals surface area contributed by atoms with Gasteiger partial charge in [0, 0.05) is 19.6 Å². The van der Waals surface area contributed by atoms with E-state index >= 15 is 0 Å². The lowest BCUT2D eigenvalue weighted by molar-refractivity contribution is -0.142. The second kappa shape index (κ2) is 5.69. The van der Waals surface area contributed by atoms with E-state index in [2.05, 4.69) is 5.32 Å². The first-order valence-electron chi connectivity index (χ1n) is 6.82. The number of nitrogens with zero attached hydrogens (tertiary/aromatic N) is 1. The topological polar surface area (TPSA) is 69.6 Å². The molecule has 0 radical (unpaired) electrons. The van der Waals surface area contributed by atoms with Crippen LogP contribution in [0.5, 0.6) is 0 Å². The van der Waals surface area contributed by atoms with Gasteiger partial charge in [0.25, 0.3) is 5.91 Å². The third-order valence-corrected chi connectivity index (χ3v) is 3.72. The summed E-state index contributed by atoms with van der Waals surface area (Å²) in [5, 5.41) is 12.3. The quantitative estimate of drug-likeness (QED) is 0.749. The van der Waals surface area contributed by atoms with Crippen LogP contribution in [0.1, 0.15) is 32.6 Å². The first-order chi connectivity index (χ1) is 8.58. The van der Waals surface area contributed by atoms with Crippen molar-refractivity contribution in [2.45, 2.75) is 38.7 Å². The van der Waals surface area contributed by atoms with Gasteiger partial charge in [0.05, 0.1) is 5.92 Å². The van der Waals surface area contributed by atoms with Crippen molar-refractivity contribution in [1.82, 2.24) is 10.2 Å². The van der Waals surface area contributed by atoms with E-state index in [0.29, 0.717) is 19.0 Å². The number of aliphatic hydroxyl groups excluding tert-OH is 1. The first-order valence-corrected chi connectivity index (χ1v) is 6.82. The summed E-state index contributed by atoms with van der Waals surface area (Å²) in [5.74, 6) is 0.354. The van der Waals surface area contributed by atoms with E-state index < -0.39 is 6.10 Å². The molecule has 0 aromatic heterocycles. The molecule has 5 heteroatoms. The van der Waals surface area contributed by atoms with Crippen molar-refractivity contribution in [2.24, 2.45) is 11.8 Å². The average molecular weight is 254 g/mol. The molecule has 1 saturated carbocycles. The number of piperidine rings is 1. The zero-order valence-electron chi connectivity index (χ0n) is 10.9. The molecule has 1 aliphatic carbocycles. The van der Waals surface area contributed by atoms with Gasteiger partial charge in [-0.3, -0.25) is 9.59 Å². The second-order valence-corrected chi connectivity index (χ2v) is 5.49. The fourth-order valence-corrected chi connectivity index (χ4v) is 2.37. The number of hydrogen-bond donors (Lipinski definition) is 2. The van der Waals surface area contributed by atoms with Crippen LogP contribution in [0.2, 0.25) is 0 Å². The number of aliphatic hydroxyl groups is 1. The van der Waals surface area contributed by atoms with Gasteiger partial charge >= 0.3 is 0 Å². The van der Waals surface area contributed by atoms with Crippen LogP contribution in [0.25, 0.3) is 0 Å². The SMILES string of the molecule is C[C@H](O)C(=O)N1CCCC(C(=O)NCC2CC2)C1. The Morgan fingerprint density at radius 2 is 2.11 bits per heavy atom. The van der Waals surface area contributed by atoms with Crippen LogP contribution in [0.4, 0.5) is 0 Å². The van der Waals surface area contributed by atoms with Gasteiger partial charge in [0.15, 0.2) is 0 Å². The number of carbonyl (C=O) groups is 2. The maximum atomic E-state index is 12.0. The molecule has 18 heavy (non-hydrogen) atoms. The van der Waals surface area contributed by atoms with Crippen molar-refractivity contribution in [1.29, 1.82) is 0 Å². The van der Waals surface area contributed by atoms with E-state index in [1.807, 2.05) is 0 Å². The molecule has 0 spiro atoms. The molecule has 2 rings (SSSR count). The lowest BCUT2D eigenvalue weighted by Crippen LogP contribution is -2.48. The Morgan fingerprint density at radius 1 is 1.39 bits per heavy atom. The van der Waals surface area contributed by atoms with E-state index in [0.717, 1.165) is 19.4 Å². The summed E-state index contributed by atoms with van der Waals surface area (Å²) >= 11 is 0. The van der Waals surface area contributed by atoms with Crippen molar-refractivity contribution < 1.29 is 14.7 Å². The third-order valence-electron chi connectivity index (χ3n) is 3.72. The van der Waals surface area contributed by atoms with Crippen molar-refractivity contribution in [3.05, 3.63) is 0 Å². The van der Waals surface area contributed by atoms with Crippen molar-refractivity contribution in [3.63, 3.8) is 0 Å². The molecule has 102 valence electrons. The van der Waals surface area contributed by atoms with Crippen LogP contribution in [-0.4, -0.2) is 47.6 Å². The summed E-state index contributed by atoms with van der Waals surface area (Å²) in [6, 6.07) is 0. The van der Waals surface area contributed by atoms with E-state index in [9.17, 15) is 14.7 Å². The van der Waals surface area contributed by atoms with Gasteiger partial charge in [-0.05, 0) is 38.5 Å². The zero-order valence-corrected chi connectivity index (χ0v) is 10.9. The smallest absolute Gasteiger partial charge is 0.251 e. The van der Waals surface area contributed by atoms with E-state index in [4.69, 9.17) is 0 Å². The van der Waals surface area contributed by atoms with Gasteiger partial charge in [0.2, 0.25) is 5.91 Å². The molecule has 0 aromatic rings. The molecule has 1 aliphatic heterocycles. The van der Waals surface area contributed by atoms with Crippen LogP contribution >= 0.6 is 0 Å². The minimum atomic E-state index is -0.974. The largest absolute Gasteiger partial charge is 0.384 e. The number of likely N-dealkylation sites (tertiary alicyclic amines) is 1. The average Bonchev–Trinajstić information content (AvgIpc) is 3.19. The number of nitrogens with one attached hydrogen (secondary N) is 1. The monoisotopic (exact) mass is 254 g/mol. The Balaban J connectivity index is 1.81. The van der Waals surface area contributed by atoms with Gasteiger partial charge in [-0.15, -0.1) is 0 Å². The second-order valence-electron chi connectivity index (χ2n) is 5.49. The molecule has 0 aromatic carbocycles. The van der Waals surface area contributed by atoms with E-state index in [1.165, 1.54) is 19.8 Å². The Bertz CT molecular complexity index is 326. The molecule has 2 fully saturated rings. The Kier molecular flexibility index (Phi) is 4.22. The highest BCUT2D eigenvalue weighted by Crippen LogP contribution is 2.28. The molecule has 5 nitrogen and oxygen atoms in total. The van der Waals surface area contributed by atoms with Crippen LogP contribution in [-0.2, 0) is 9.59 Å². The van der Waals surface area contributed by atoms with Gasteiger partial charge in [0.1, 0.15) is 6.10 Å². The fourth-order valence-electron chi connectivity index (χ4n) is 2.37. The molecule has 2 amide bonds. The van der Waals surface area contributed by atoms with Crippen LogP contribution in [0.3, 0.4) is 0 Å². The van der Waals surface area contributed by atoms with Gasteiger partial charge < -0.3 is 15.3 Å². The highest BCUT2D eigenvalue weighted by Gasteiger charge is 2.30. The minimum Gasteiger partial charge on any atom is -0.384 e. The summed E-state index contributed by atoms with van der Waals surface area (Å²) in [4.78, 5) is 25.2. The lowest BCUT2D eigenvalue weighted by Gasteiger charge is -2.32.